The highest BCUT2D eigenvalue weighted by Crippen LogP contribution is 2.29. The molecule has 1 N–H and O–H groups in total. The molecule has 190 valence electrons. The molecule has 4 aromatic rings. The average Bonchev–Trinajstić information content (AvgIpc) is 3.59. The topological polar surface area (TPSA) is 89.3 Å². The number of hydrogen-bond acceptors (Lipinski definition) is 5. The predicted octanol–water partition coefficient (Wildman–Crippen LogP) is 4.27. The molecule has 1 aliphatic rings. The van der Waals surface area contributed by atoms with Crippen molar-refractivity contribution in [2.75, 3.05) is 7.11 Å². The van der Waals surface area contributed by atoms with Gasteiger partial charge in [0.2, 0.25) is 11.8 Å². The molecule has 0 aliphatic heterocycles. The molecule has 1 heterocycles. The minimum absolute atomic E-state index is 0.0459. The molecule has 0 bridgehead atoms. The van der Waals surface area contributed by atoms with Crippen LogP contribution in [0.5, 0.6) is 5.75 Å². The molecule has 0 unspecified atom stereocenters. The van der Waals surface area contributed by atoms with Crippen LogP contribution in [0.15, 0.2) is 78.9 Å². The summed E-state index contributed by atoms with van der Waals surface area (Å²) in [6.45, 7) is 0.156. The lowest BCUT2D eigenvalue weighted by Gasteiger charge is -2.32. The summed E-state index contributed by atoms with van der Waals surface area (Å²) in [6.07, 6.45) is 4.12. The summed E-state index contributed by atoms with van der Waals surface area (Å²) >= 11 is 0. The van der Waals surface area contributed by atoms with E-state index in [4.69, 9.17) is 4.74 Å². The monoisotopic (exact) mass is 497 g/mol. The smallest absolute Gasteiger partial charge is 0.247 e. The molecule has 2 amide bonds. The zero-order valence-electron chi connectivity index (χ0n) is 20.9. The van der Waals surface area contributed by atoms with Crippen molar-refractivity contribution < 1.29 is 14.3 Å². The SMILES string of the molecule is COc1ccccc1CN(C(=O)Cn1nnc2ccccc21)[C@H](C(=O)NC1CCCC1)c1ccccc1. The van der Waals surface area contributed by atoms with Crippen molar-refractivity contribution in [2.45, 2.75) is 50.9 Å². The Hall–Kier alpha value is -4.20. The van der Waals surface area contributed by atoms with Crippen molar-refractivity contribution in [1.29, 1.82) is 0 Å². The number of fused-ring (bicyclic) bond motifs is 1. The molecule has 1 aliphatic carbocycles. The summed E-state index contributed by atoms with van der Waals surface area (Å²) in [7, 11) is 1.61. The number of nitrogens with one attached hydrogen (secondary N) is 1. The van der Waals surface area contributed by atoms with Crippen molar-refractivity contribution >= 4 is 22.8 Å². The summed E-state index contributed by atoms with van der Waals surface area (Å²) in [5, 5.41) is 11.6. The van der Waals surface area contributed by atoms with E-state index in [9.17, 15) is 9.59 Å². The number of methoxy groups -OCH3 is 1. The molecular weight excluding hydrogens is 466 g/mol. The van der Waals surface area contributed by atoms with Gasteiger partial charge in [-0.05, 0) is 36.6 Å². The van der Waals surface area contributed by atoms with E-state index in [1.807, 2.05) is 78.9 Å². The van der Waals surface area contributed by atoms with Crippen molar-refractivity contribution in [1.82, 2.24) is 25.2 Å². The molecule has 3 aromatic carbocycles. The second-order valence-corrected chi connectivity index (χ2v) is 9.37. The van der Waals surface area contributed by atoms with Gasteiger partial charge in [0, 0.05) is 11.6 Å². The van der Waals surface area contributed by atoms with Gasteiger partial charge in [-0.25, -0.2) is 4.68 Å². The molecule has 5 rings (SSSR count). The van der Waals surface area contributed by atoms with E-state index in [0.29, 0.717) is 11.3 Å². The molecule has 8 nitrogen and oxygen atoms in total. The third-order valence-electron chi connectivity index (χ3n) is 6.94. The molecule has 37 heavy (non-hydrogen) atoms. The number of hydrogen-bond donors (Lipinski definition) is 1. The van der Waals surface area contributed by atoms with E-state index >= 15 is 0 Å². The largest absolute Gasteiger partial charge is 0.496 e. The highest BCUT2D eigenvalue weighted by molar-refractivity contribution is 5.89. The number of aromatic nitrogens is 3. The fourth-order valence-electron chi connectivity index (χ4n) is 5.05. The van der Waals surface area contributed by atoms with Crippen LogP contribution in [0.4, 0.5) is 0 Å². The highest BCUT2D eigenvalue weighted by Gasteiger charge is 2.34. The lowest BCUT2D eigenvalue weighted by atomic mass is 10.0. The molecule has 8 heteroatoms. The Morgan fingerprint density at radius 1 is 1.00 bits per heavy atom. The van der Waals surface area contributed by atoms with Crippen LogP contribution in [-0.2, 0) is 22.7 Å². The van der Waals surface area contributed by atoms with Crippen molar-refractivity contribution in [3.05, 3.63) is 90.0 Å². The Balaban J connectivity index is 1.53. The summed E-state index contributed by atoms with van der Waals surface area (Å²) in [6, 6.07) is 23.9. The normalized spacial score (nSPS) is 14.4. The standard InChI is InChI=1S/C29H31N5O3/c1-37-26-18-10-5-13-22(26)19-33(27(35)20-34-25-17-9-8-16-24(25)31-32-34)28(21-11-3-2-4-12-21)29(36)30-23-14-6-7-15-23/h2-5,8-13,16-18,23,28H,6-7,14-15,19-20H2,1H3,(H,30,36)/t28-/m0/s1. The lowest BCUT2D eigenvalue weighted by Crippen LogP contribution is -2.46. The van der Waals surface area contributed by atoms with Crippen LogP contribution in [-0.4, -0.2) is 44.9 Å². The number of para-hydroxylation sites is 2. The van der Waals surface area contributed by atoms with Crippen LogP contribution in [0.2, 0.25) is 0 Å². The molecular formula is C29H31N5O3. The first kappa shape index (κ1) is 24.5. The van der Waals surface area contributed by atoms with E-state index in [-0.39, 0.29) is 30.9 Å². The summed E-state index contributed by atoms with van der Waals surface area (Å²) in [4.78, 5) is 29.5. The number of nitrogens with zero attached hydrogens (tertiary/aromatic N) is 4. The van der Waals surface area contributed by atoms with Crippen LogP contribution < -0.4 is 10.1 Å². The summed E-state index contributed by atoms with van der Waals surface area (Å²) < 4.78 is 7.16. The second kappa shape index (κ2) is 11.2. The molecule has 0 spiro atoms. The molecule has 1 fully saturated rings. The van der Waals surface area contributed by atoms with Gasteiger partial charge in [0.25, 0.3) is 0 Å². The van der Waals surface area contributed by atoms with Gasteiger partial charge in [-0.3, -0.25) is 9.59 Å². The fourth-order valence-corrected chi connectivity index (χ4v) is 5.05. The van der Waals surface area contributed by atoms with E-state index in [2.05, 4.69) is 15.6 Å². The highest BCUT2D eigenvalue weighted by atomic mass is 16.5. The van der Waals surface area contributed by atoms with Gasteiger partial charge in [0.05, 0.1) is 19.2 Å². The predicted molar refractivity (Wildman–Crippen MR) is 141 cm³/mol. The van der Waals surface area contributed by atoms with Crippen LogP contribution in [0.3, 0.4) is 0 Å². The summed E-state index contributed by atoms with van der Waals surface area (Å²) in [5.41, 5.74) is 3.05. The van der Waals surface area contributed by atoms with Gasteiger partial charge in [-0.2, -0.15) is 0 Å². The third-order valence-corrected chi connectivity index (χ3v) is 6.94. The van der Waals surface area contributed by atoms with Gasteiger partial charge in [0.1, 0.15) is 23.9 Å². The summed E-state index contributed by atoms with van der Waals surface area (Å²) in [5.74, 6) is 0.247. The third kappa shape index (κ3) is 5.48. The maximum Gasteiger partial charge on any atom is 0.247 e. The minimum Gasteiger partial charge on any atom is -0.496 e. The van der Waals surface area contributed by atoms with Crippen molar-refractivity contribution in [2.24, 2.45) is 0 Å². The molecule has 0 radical (unpaired) electrons. The molecule has 0 saturated heterocycles. The number of ether oxygens (including phenoxy) is 1. The Morgan fingerprint density at radius 2 is 1.70 bits per heavy atom. The Morgan fingerprint density at radius 3 is 2.49 bits per heavy atom. The lowest BCUT2D eigenvalue weighted by molar-refractivity contribution is -0.142. The zero-order chi connectivity index (χ0) is 25.6. The first-order valence-electron chi connectivity index (χ1n) is 12.7. The maximum atomic E-state index is 14.0. The van der Waals surface area contributed by atoms with Crippen molar-refractivity contribution in [3.63, 3.8) is 0 Å². The van der Waals surface area contributed by atoms with E-state index in [1.165, 1.54) is 0 Å². The second-order valence-electron chi connectivity index (χ2n) is 9.37. The van der Waals surface area contributed by atoms with Crippen LogP contribution in [0.1, 0.15) is 42.9 Å². The van der Waals surface area contributed by atoms with E-state index in [1.54, 1.807) is 16.7 Å². The van der Waals surface area contributed by atoms with Crippen LogP contribution in [0, 0.1) is 0 Å². The molecule has 1 saturated carbocycles. The maximum absolute atomic E-state index is 14.0. The Labute approximate surface area is 216 Å². The van der Waals surface area contributed by atoms with Crippen LogP contribution in [0.25, 0.3) is 11.0 Å². The molecule has 1 aromatic heterocycles. The number of amides is 2. The quantitative estimate of drug-likeness (QED) is 0.373. The van der Waals surface area contributed by atoms with E-state index in [0.717, 1.165) is 42.3 Å². The number of carbonyl (C=O) groups is 2. The van der Waals surface area contributed by atoms with E-state index < -0.39 is 6.04 Å². The minimum atomic E-state index is -0.811. The fraction of sp³-hybridized carbons (Fsp3) is 0.310. The van der Waals surface area contributed by atoms with Crippen LogP contribution >= 0.6 is 0 Å². The van der Waals surface area contributed by atoms with Gasteiger partial charge in [-0.1, -0.05) is 78.7 Å². The number of benzene rings is 3. The van der Waals surface area contributed by atoms with Gasteiger partial charge < -0.3 is 15.0 Å². The number of rotatable bonds is 9. The van der Waals surface area contributed by atoms with Gasteiger partial charge in [-0.15, -0.1) is 5.10 Å². The average molecular weight is 498 g/mol. The van der Waals surface area contributed by atoms with Gasteiger partial charge in [0.15, 0.2) is 0 Å². The first-order valence-corrected chi connectivity index (χ1v) is 12.7. The Bertz CT molecular complexity index is 1360. The van der Waals surface area contributed by atoms with Crippen molar-refractivity contribution in [3.8, 4) is 5.75 Å². The first-order chi connectivity index (χ1) is 18.1. The zero-order valence-corrected chi connectivity index (χ0v) is 20.9. The number of carbonyl (C=O) groups excluding carboxylic acids is 2. The van der Waals surface area contributed by atoms with Gasteiger partial charge >= 0.3 is 0 Å². The molecule has 1 atom stereocenters. The Kier molecular flexibility index (Phi) is 7.44.